The first-order valence-corrected chi connectivity index (χ1v) is 8.45. The molecule has 0 aliphatic rings. The number of benzene rings is 2. The first kappa shape index (κ1) is 18.2. The van der Waals surface area contributed by atoms with Crippen molar-refractivity contribution in [2.45, 2.75) is 6.92 Å². The molecule has 0 aliphatic heterocycles. The van der Waals surface area contributed by atoms with Crippen LogP contribution >= 0.6 is 15.9 Å². The van der Waals surface area contributed by atoms with E-state index in [9.17, 15) is 9.59 Å². The van der Waals surface area contributed by atoms with Gasteiger partial charge in [-0.05, 0) is 43.3 Å². The first-order valence-electron chi connectivity index (χ1n) is 7.65. The van der Waals surface area contributed by atoms with E-state index < -0.39 is 0 Å². The molecule has 1 unspecified atom stereocenters. The molecular weight excluding hydrogens is 370 g/mol. The Morgan fingerprint density at radius 3 is 1.75 bits per heavy atom. The van der Waals surface area contributed by atoms with Gasteiger partial charge in [-0.2, -0.15) is 0 Å². The van der Waals surface area contributed by atoms with E-state index in [-0.39, 0.29) is 24.9 Å². The van der Waals surface area contributed by atoms with Crippen LogP contribution in [0, 0.1) is 6.92 Å². The minimum Gasteiger partial charge on any atom is -0.322 e. The van der Waals surface area contributed by atoms with E-state index in [1.807, 2.05) is 62.5 Å². The highest BCUT2D eigenvalue weighted by molar-refractivity contribution is 9.10. The zero-order chi connectivity index (χ0) is 17.5. The average Bonchev–Trinajstić information content (AvgIpc) is 2.51. The Morgan fingerprint density at radius 1 is 0.875 bits per heavy atom. The van der Waals surface area contributed by atoms with E-state index in [4.69, 9.17) is 0 Å². The van der Waals surface area contributed by atoms with Gasteiger partial charge in [0.15, 0.2) is 13.1 Å². The van der Waals surface area contributed by atoms with Crippen LogP contribution in [0.3, 0.4) is 0 Å². The van der Waals surface area contributed by atoms with E-state index in [1.54, 1.807) is 0 Å². The summed E-state index contributed by atoms with van der Waals surface area (Å²) in [5.41, 5.74) is 2.64. The van der Waals surface area contributed by atoms with Gasteiger partial charge in [0.25, 0.3) is 11.8 Å². The van der Waals surface area contributed by atoms with Gasteiger partial charge in [-0.25, -0.2) is 0 Å². The van der Waals surface area contributed by atoms with Gasteiger partial charge in [0.05, 0.1) is 7.05 Å². The van der Waals surface area contributed by atoms with Gasteiger partial charge < -0.3 is 15.5 Å². The van der Waals surface area contributed by atoms with E-state index in [2.05, 4.69) is 26.6 Å². The Labute approximate surface area is 150 Å². The number of halogens is 1. The molecule has 0 aromatic heterocycles. The first-order chi connectivity index (χ1) is 11.4. The molecule has 0 saturated heterocycles. The summed E-state index contributed by atoms with van der Waals surface area (Å²) in [6.07, 6.45) is 0. The van der Waals surface area contributed by atoms with Crippen molar-refractivity contribution in [1.29, 1.82) is 0 Å². The number of aryl methyl sites for hydroxylation is 1. The molecule has 0 saturated carbocycles. The van der Waals surface area contributed by atoms with Gasteiger partial charge in [0.2, 0.25) is 0 Å². The number of carbonyl (C=O) groups is 2. The molecular formula is C18H21BrN3O2+. The smallest absolute Gasteiger partial charge is 0.279 e. The third-order valence-corrected chi connectivity index (χ3v) is 3.92. The molecule has 0 radical (unpaired) electrons. The molecule has 2 aromatic rings. The van der Waals surface area contributed by atoms with E-state index in [0.29, 0.717) is 0 Å². The lowest BCUT2D eigenvalue weighted by Gasteiger charge is -2.14. The van der Waals surface area contributed by atoms with Crippen LogP contribution in [-0.4, -0.2) is 32.0 Å². The molecule has 6 heteroatoms. The zero-order valence-electron chi connectivity index (χ0n) is 13.7. The molecule has 2 amide bonds. The molecule has 0 spiro atoms. The monoisotopic (exact) mass is 390 g/mol. The third-order valence-electron chi connectivity index (χ3n) is 3.39. The lowest BCUT2D eigenvalue weighted by Crippen LogP contribution is -3.11. The van der Waals surface area contributed by atoms with E-state index in [0.717, 1.165) is 26.3 Å². The lowest BCUT2D eigenvalue weighted by atomic mass is 10.2. The summed E-state index contributed by atoms with van der Waals surface area (Å²) in [4.78, 5) is 24.8. The fourth-order valence-corrected chi connectivity index (χ4v) is 2.46. The minimum absolute atomic E-state index is 0.118. The number of hydrogen-bond donors (Lipinski definition) is 3. The summed E-state index contributed by atoms with van der Waals surface area (Å²) in [6, 6.07) is 15.0. The number of anilines is 2. The molecule has 5 nitrogen and oxygen atoms in total. The maximum atomic E-state index is 12.0. The molecule has 126 valence electrons. The highest BCUT2D eigenvalue weighted by atomic mass is 79.9. The second kappa shape index (κ2) is 8.61. The Morgan fingerprint density at radius 2 is 1.29 bits per heavy atom. The van der Waals surface area contributed by atoms with Crippen molar-refractivity contribution in [2.75, 3.05) is 30.8 Å². The van der Waals surface area contributed by atoms with Gasteiger partial charge in [-0.3, -0.25) is 9.59 Å². The Kier molecular flexibility index (Phi) is 6.52. The number of nitrogens with one attached hydrogen (secondary N) is 3. The summed E-state index contributed by atoms with van der Waals surface area (Å²) in [7, 11) is 1.82. The summed E-state index contributed by atoms with van der Waals surface area (Å²) in [5, 5.41) is 5.65. The highest BCUT2D eigenvalue weighted by Gasteiger charge is 2.14. The number of carbonyl (C=O) groups excluding carboxylic acids is 2. The van der Waals surface area contributed by atoms with Crippen molar-refractivity contribution >= 4 is 39.1 Å². The normalized spacial score (nSPS) is 11.6. The Bertz CT molecular complexity index is 638. The van der Waals surface area contributed by atoms with Crippen molar-refractivity contribution in [3.8, 4) is 0 Å². The second-order valence-electron chi connectivity index (χ2n) is 5.78. The quantitative estimate of drug-likeness (QED) is 0.704. The number of quaternary nitrogens is 1. The average molecular weight is 391 g/mol. The summed E-state index contributed by atoms with van der Waals surface area (Å²) >= 11 is 3.35. The molecule has 0 aliphatic carbocycles. The molecule has 3 N–H and O–H groups in total. The van der Waals surface area contributed by atoms with Crippen LogP contribution in [0.1, 0.15) is 5.56 Å². The van der Waals surface area contributed by atoms with Gasteiger partial charge in [0.1, 0.15) is 0 Å². The predicted octanol–water partition coefficient (Wildman–Crippen LogP) is 1.85. The maximum Gasteiger partial charge on any atom is 0.279 e. The lowest BCUT2D eigenvalue weighted by molar-refractivity contribution is -0.862. The number of likely N-dealkylation sites (N-methyl/N-ethyl adjacent to an activating group) is 1. The minimum atomic E-state index is -0.127. The maximum absolute atomic E-state index is 12.0. The molecule has 2 rings (SSSR count). The molecule has 1 atom stereocenters. The third kappa shape index (κ3) is 6.14. The van der Waals surface area contributed by atoms with Crippen molar-refractivity contribution in [2.24, 2.45) is 0 Å². The summed E-state index contributed by atoms with van der Waals surface area (Å²) in [6.45, 7) is 2.44. The van der Waals surface area contributed by atoms with Crippen LogP contribution in [-0.2, 0) is 9.59 Å². The van der Waals surface area contributed by atoms with Crippen LogP contribution < -0.4 is 15.5 Å². The predicted molar refractivity (Wildman–Crippen MR) is 99.2 cm³/mol. The van der Waals surface area contributed by atoms with Crippen molar-refractivity contribution in [3.05, 3.63) is 58.6 Å². The zero-order valence-corrected chi connectivity index (χ0v) is 15.3. The number of rotatable bonds is 6. The molecule has 0 fully saturated rings. The van der Waals surface area contributed by atoms with Crippen molar-refractivity contribution in [3.63, 3.8) is 0 Å². The fourth-order valence-electron chi connectivity index (χ4n) is 2.19. The standard InChI is InChI=1S/C18H20BrN3O2/c1-13-3-7-15(8-4-13)20-17(23)11-22(2)12-18(24)21-16-9-5-14(19)6-10-16/h3-10H,11-12H2,1-2H3,(H,20,23)(H,21,24)/p+1. The molecule has 0 bridgehead atoms. The molecule has 0 heterocycles. The van der Waals surface area contributed by atoms with Crippen molar-refractivity contribution in [1.82, 2.24) is 0 Å². The van der Waals surface area contributed by atoms with Crippen LogP contribution in [0.25, 0.3) is 0 Å². The van der Waals surface area contributed by atoms with Gasteiger partial charge in [-0.1, -0.05) is 33.6 Å². The van der Waals surface area contributed by atoms with Gasteiger partial charge in [-0.15, -0.1) is 0 Å². The summed E-state index contributed by atoms with van der Waals surface area (Å²) < 4.78 is 0.955. The van der Waals surface area contributed by atoms with Crippen molar-refractivity contribution < 1.29 is 14.5 Å². The Balaban J connectivity index is 1.78. The van der Waals surface area contributed by atoms with Gasteiger partial charge >= 0.3 is 0 Å². The number of hydrogen-bond acceptors (Lipinski definition) is 2. The molecule has 2 aromatic carbocycles. The topological polar surface area (TPSA) is 62.6 Å². The summed E-state index contributed by atoms with van der Waals surface area (Å²) in [5.74, 6) is -0.245. The van der Waals surface area contributed by atoms with Crippen LogP contribution in [0.4, 0.5) is 11.4 Å². The van der Waals surface area contributed by atoms with Crippen LogP contribution in [0.2, 0.25) is 0 Å². The van der Waals surface area contributed by atoms with Crippen LogP contribution in [0.5, 0.6) is 0 Å². The van der Waals surface area contributed by atoms with E-state index in [1.165, 1.54) is 0 Å². The number of amides is 2. The fraction of sp³-hybridized carbons (Fsp3) is 0.222. The van der Waals surface area contributed by atoms with E-state index >= 15 is 0 Å². The molecule has 24 heavy (non-hydrogen) atoms. The van der Waals surface area contributed by atoms with Crippen LogP contribution in [0.15, 0.2) is 53.0 Å². The largest absolute Gasteiger partial charge is 0.322 e. The highest BCUT2D eigenvalue weighted by Crippen LogP contribution is 2.13. The second-order valence-corrected chi connectivity index (χ2v) is 6.70. The Hall–Kier alpha value is -2.18. The SMILES string of the molecule is Cc1ccc(NC(=O)C[NH+](C)CC(=O)Nc2ccc(Br)cc2)cc1. The van der Waals surface area contributed by atoms with Gasteiger partial charge in [0, 0.05) is 15.8 Å².